The first kappa shape index (κ1) is 25.9. The Morgan fingerprint density at radius 2 is 1.85 bits per heavy atom. The van der Waals surface area contributed by atoms with E-state index in [1.807, 2.05) is 33.2 Å². The van der Waals surface area contributed by atoms with Crippen LogP contribution in [-0.4, -0.2) is 50.9 Å². The highest BCUT2D eigenvalue weighted by Crippen LogP contribution is 2.38. The molecule has 12 heteroatoms. The Labute approximate surface area is 221 Å². The molecule has 0 saturated heterocycles. The third-order valence-electron chi connectivity index (χ3n) is 6.19. The van der Waals surface area contributed by atoms with Gasteiger partial charge in [0.2, 0.25) is 5.95 Å². The van der Waals surface area contributed by atoms with Crippen molar-refractivity contribution in [2.24, 2.45) is 0 Å². The Morgan fingerprint density at radius 1 is 1.10 bits per heavy atom. The van der Waals surface area contributed by atoms with E-state index in [-0.39, 0.29) is 18.4 Å². The molecule has 5 rings (SSSR count). The number of fused-ring (bicyclic) bond motifs is 1. The van der Waals surface area contributed by atoms with Crippen LogP contribution in [0.25, 0.3) is 33.7 Å². The highest BCUT2D eigenvalue weighted by molar-refractivity contribution is 5.91. The first-order valence-corrected chi connectivity index (χ1v) is 12.1. The Morgan fingerprint density at radius 3 is 2.54 bits per heavy atom. The quantitative estimate of drug-likeness (QED) is 0.290. The molecule has 0 aliphatic heterocycles. The van der Waals surface area contributed by atoms with Gasteiger partial charge in [-0.15, -0.1) is 5.10 Å². The van der Waals surface area contributed by atoms with Crippen LogP contribution in [0.1, 0.15) is 11.1 Å². The molecule has 0 fully saturated rings. The van der Waals surface area contributed by atoms with E-state index in [1.54, 1.807) is 41.3 Å². The fraction of sp³-hybridized carbons (Fsp3) is 0.185. The maximum absolute atomic E-state index is 13.6. The molecule has 1 amide bonds. The van der Waals surface area contributed by atoms with Gasteiger partial charge in [-0.3, -0.25) is 10.1 Å². The van der Waals surface area contributed by atoms with Crippen molar-refractivity contribution < 1.29 is 22.9 Å². The van der Waals surface area contributed by atoms with E-state index in [0.717, 1.165) is 22.7 Å². The van der Waals surface area contributed by atoms with Crippen molar-refractivity contribution in [2.75, 3.05) is 31.7 Å². The number of carbonyl (C=O) groups is 1. The van der Waals surface area contributed by atoms with Crippen molar-refractivity contribution in [3.8, 4) is 28.1 Å². The Balaban J connectivity index is 1.73. The minimum Gasteiger partial charge on any atom is -0.399 e. The van der Waals surface area contributed by atoms with Crippen LogP contribution in [0.3, 0.4) is 0 Å². The molecule has 0 radical (unpaired) electrons. The predicted molar refractivity (Wildman–Crippen MR) is 141 cm³/mol. The predicted octanol–water partition coefficient (Wildman–Crippen LogP) is 3.24. The number of carbonyl (C=O) groups excluding carboxylic acids is 1. The maximum Gasteiger partial charge on any atom is 0.416 e. The molecule has 9 nitrogen and oxygen atoms in total. The van der Waals surface area contributed by atoms with Gasteiger partial charge in [0.1, 0.15) is 0 Å². The molecule has 0 aliphatic carbocycles. The van der Waals surface area contributed by atoms with E-state index in [9.17, 15) is 18.0 Å². The van der Waals surface area contributed by atoms with Gasteiger partial charge in [-0.2, -0.15) is 23.3 Å². The average Bonchev–Trinajstić information content (AvgIpc) is 3.50. The van der Waals surface area contributed by atoms with Crippen LogP contribution in [0, 0.1) is 6.92 Å². The highest BCUT2D eigenvalue weighted by Gasteiger charge is 2.31. The summed E-state index contributed by atoms with van der Waals surface area (Å²) in [5.74, 6) is -0.233. The van der Waals surface area contributed by atoms with Gasteiger partial charge in [0.25, 0.3) is 5.91 Å². The van der Waals surface area contributed by atoms with E-state index < -0.39 is 11.7 Å². The molecule has 0 bridgehead atoms. The number of aromatic nitrogens is 5. The zero-order valence-electron chi connectivity index (χ0n) is 21.4. The number of hydrogen-bond donors (Lipinski definition) is 3. The summed E-state index contributed by atoms with van der Waals surface area (Å²) in [6.07, 6.45) is -1.16. The van der Waals surface area contributed by atoms with Crippen molar-refractivity contribution in [1.29, 1.82) is 0 Å². The fourth-order valence-corrected chi connectivity index (χ4v) is 4.43. The Kier molecular flexibility index (Phi) is 6.56. The zero-order valence-corrected chi connectivity index (χ0v) is 21.4. The van der Waals surface area contributed by atoms with Crippen molar-refractivity contribution in [3.63, 3.8) is 0 Å². The van der Waals surface area contributed by atoms with E-state index in [4.69, 9.17) is 5.73 Å². The van der Waals surface area contributed by atoms with Gasteiger partial charge in [-0.25, -0.2) is 9.20 Å². The summed E-state index contributed by atoms with van der Waals surface area (Å²) >= 11 is 0. The molecule has 0 spiro atoms. The largest absolute Gasteiger partial charge is 0.416 e. The molecule has 200 valence electrons. The Hall–Kier alpha value is -4.71. The second-order valence-corrected chi connectivity index (χ2v) is 9.48. The molecule has 4 N–H and O–H groups in total. The van der Waals surface area contributed by atoms with Gasteiger partial charge < -0.3 is 10.6 Å². The lowest BCUT2D eigenvalue weighted by Crippen LogP contribution is -3.06. The van der Waals surface area contributed by atoms with E-state index in [0.29, 0.717) is 39.3 Å². The van der Waals surface area contributed by atoms with Gasteiger partial charge in [-0.1, -0.05) is 12.1 Å². The molecule has 3 heterocycles. The standard InChI is InChI=1S/C27H25F3N8O/c1-16-21(22-11-12-32-38(22)20-9-7-19(31)8-10-20)14-37-25(34-26(35-37)33-23(39)15-36(2)3)24(16)17-5-4-6-18(13-17)27(28,29)30/h4-14H,15,31H2,1-3H3,(H,33,35,39)/p+1. The monoisotopic (exact) mass is 535 g/mol. The van der Waals surface area contributed by atoms with E-state index in [2.05, 4.69) is 20.5 Å². The number of rotatable bonds is 6. The molecule has 0 saturated carbocycles. The van der Waals surface area contributed by atoms with Gasteiger partial charge in [-0.05, 0) is 60.5 Å². The molecule has 0 atom stereocenters. The zero-order chi connectivity index (χ0) is 27.9. The van der Waals surface area contributed by atoms with Gasteiger partial charge in [0, 0.05) is 23.0 Å². The molecular weight excluding hydrogens is 509 g/mol. The number of alkyl halides is 3. The lowest BCUT2D eigenvalue weighted by atomic mass is 9.95. The number of anilines is 2. The molecule has 0 aliphatic rings. The molecule has 0 unspecified atom stereocenters. The summed E-state index contributed by atoms with van der Waals surface area (Å²) in [7, 11) is 3.67. The molecular formula is C27H26F3N8O+. The van der Waals surface area contributed by atoms with Crippen molar-refractivity contribution in [1.82, 2.24) is 24.4 Å². The molecule has 5 aromatic rings. The van der Waals surface area contributed by atoms with Crippen LogP contribution in [0.4, 0.5) is 24.8 Å². The topological polar surface area (TPSA) is 108 Å². The minimum absolute atomic E-state index is 0.0538. The van der Waals surface area contributed by atoms with Crippen molar-refractivity contribution >= 4 is 23.2 Å². The first-order valence-electron chi connectivity index (χ1n) is 12.1. The third-order valence-corrected chi connectivity index (χ3v) is 6.19. The van der Waals surface area contributed by atoms with Crippen LogP contribution in [0.5, 0.6) is 0 Å². The summed E-state index contributed by atoms with van der Waals surface area (Å²) in [6, 6.07) is 14.0. The number of nitrogens with two attached hydrogens (primary N) is 1. The second kappa shape index (κ2) is 9.87. The number of nitrogens with zero attached hydrogens (tertiary/aromatic N) is 5. The number of likely N-dealkylation sites (N-methyl/N-ethyl adjacent to an activating group) is 1. The SMILES string of the molecule is Cc1c(-c2ccnn2-c2ccc(N)cc2)cn2nc(NC(=O)C[NH+](C)C)nc2c1-c1cccc(C(F)(F)F)c1. The maximum atomic E-state index is 13.6. The van der Waals surface area contributed by atoms with E-state index in [1.165, 1.54) is 10.6 Å². The first-order chi connectivity index (χ1) is 18.5. The summed E-state index contributed by atoms with van der Waals surface area (Å²) < 4.78 is 44.0. The normalized spacial score (nSPS) is 11.9. The molecule has 2 aromatic carbocycles. The van der Waals surface area contributed by atoms with Crippen molar-refractivity contribution in [2.45, 2.75) is 13.1 Å². The molecule has 3 aromatic heterocycles. The van der Waals surface area contributed by atoms with Gasteiger partial charge >= 0.3 is 6.18 Å². The van der Waals surface area contributed by atoms with Crippen LogP contribution >= 0.6 is 0 Å². The second-order valence-electron chi connectivity index (χ2n) is 9.48. The lowest BCUT2D eigenvalue weighted by molar-refractivity contribution is -0.849. The number of pyridine rings is 1. The Bertz CT molecular complexity index is 1670. The van der Waals surface area contributed by atoms with Crippen molar-refractivity contribution in [3.05, 3.63) is 78.1 Å². The van der Waals surface area contributed by atoms with Gasteiger partial charge in [0.05, 0.1) is 37.2 Å². The molecule has 39 heavy (non-hydrogen) atoms. The number of nitrogen functional groups attached to an aromatic ring is 1. The smallest absolute Gasteiger partial charge is 0.399 e. The highest BCUT2D eigenvalue weighted by atomic mass is 19.4. The lowest BCUT2D eigenvalue weighted by Gasteiger charge is -2.16. The number of benzene rings is 2. The van der Waals surface area contributed by atoms with E-state index >= 15 is 0 Å². The minimum atomic E-state index is -4.52. The number of hydrogen-bond acceptors (Lipinski definition) is 5. The van der Waals surface area contributed by atoms with Crippen LogP contribution in [0.15, 0.2) is 67.0 Å². The third kappa shape index (κ3) is 5.18. The van der Waals surface area contributed by atoms with Crippen LogP contribution in [-0.2, 0) is 11.0 Å². The van der Waals surface area contributed by atoms with Crippen LogP contribution < -0.4 is 16.0 Å². The number of amides is 1. The summed E-state index contributed by atoms with van der Waals surface area (Å²) in [6.45, 7) is 2.01. The number of quaternary nitrogens is 1. The van der Waals surface area contributed by atoms with Gasteiger partial charge in [0.15, 0.2) is 12.2 Å². The summed E-state index contributed by atoms with van der Waals surface area (Å²) in [5, 5.41) is 11.6. The average molecular weight is 536 g/mol. The fourth-order valence-electron chi connectivity index (χ4n) is 4.43. The number of nitrogens with one attached hydrogen (secondary N) is 2. The van der Waals surface area contributed by atoms with Crippen LogP contribution in [0.2, 0.25) is 0 Å². The summed E-state index contributed by atoms with van der Waals surface area (Å²) in [5.41, 5.74) is 9.52. The number of halogens is 3. The summed E-state index contributed by atoms with van der Waals surface area (Å²) in [4.78, 5) is 17.8.